The Morgan fingerprint density at radius 2 is 1.50 bits per heavy atom. The van der Waals surface area contributed by atoms with Gasteiger partial charge in [0.25, 0.3) is 0 Å². The fourth-order valence-corrected chi connectivity index (χ4v) is 1.21. The normalized spacial score (nSPS) is 13.2. The second-order valence-corrected chi connectivity index (χ2v) is 3.25. The summed E-state index contributed by atoms with van der Waals surface area (Å²) in [5.74, 6) is -3.48. The molecule has 0 aliphatic carbocycles. The van der Waals surface area contributed by atoms with Crippen molar-refractivity contribution in [3.8, 4) is 0 Å². The van der Waals surface area contributed by atoms with Crippen LogP contribution in [0.1, 0.15) is 17.2 Å². The van der Waals surface area contributed by atoms with Gasteiger partial charge in [-0.05, 0) is 18.6 Å². The van der Waals surface area contributed by atoms with E-state index in [0.717, 1.165) is 12.1 Å². The van der Waals surface area contributed by atoms with Gasteiger partial charge in [0.1, 0.15) is 0 Å². The molecule has 1 aromatic rings. The molecule has 1 aromatic heterocycles. The fraction of sp³-hybridized carbons (Fsp3) is 0.444. The first-order chi connectivity index (χ1) is 7.12. The molecule has 0 bridgehead atoms. The molecule has 1 rings (SSSR count). The highest BCUT2D eigenvalue weighted by Crippen LogP contribution is 2.45. The highest BCUT2D eigenvalue weighted by atomic mass is 19.4. The van der Waals surface area contributed by atoms with E-state index in [0.29, 0.717) is 11.9 Å². The Morgan fingerprint density at radius 3 is 1.81 bits per heavy atom. The zero-order valence-corrected chi connectivity index (χ0v) is 8.02. The number of hydrogen-bond acceptors (Lipinski definition) is 1. The predicted octanol–water partition coefficient (Wildman–Crippen LogP) is 3.60. The third-order valence-corrected chi connectivity index (χ3v) is 1.92. The van der Waals surface area contributed by atoms with Gasteiger partial charge in [0.05, 0.1) is 0 Å². The zero-order chi connectivity index (χ0) is 12.6. The van der Waals surface area contributed by atoms with Crippen molar-refractivity contribution in [1.82, 2.24) is 4.98 Å². The average molecular weight is 243 g/mol. The Balaban J connectivity index is 3.18. The Morgan fingerprint density at radius 1 is 1.00 bits per heavy atom. The summed E-state index contributed by atoms with van der Waals surface area (Å²) in [7, 11) is 0. The Hall–Kier alpha value is -1.27. The first-order valence-corrected chi connectivity index (χ1v) is 4.18. The molecule has 0 radical (unpaired) electrons. The minimum Gasteiger partial charge on any atom is -0.261 e. The maximum absolute atomic E-state index is 12.3. The van der Waals surface area contributed by atoms with Crippen LogP contribution in [-0.2, 0) is 0 Å². The first kappa shape index (κ1) is 12.8. The lowest BCUT2D eigenvalue weighted by molar-refractivity contribution is -0.253. The lowest BCUT2D eigenvalue weighted by atomic mass is 9.99. The van der Waals surface area contributed by atoms with E-state index in [-0.39, 0.29) is 0 Å². The van der Waals surface area contributed by atoms with Crippen LogP contribution in [0.3, 0.4) is 0 Å². The van der Waals surface area contributed by atoms with Crippen molar-refractivity contribution in [1.29, 1.82) is 0 Å². The number of halogens is 6. The minimum atomic E-state index is -5.37. The van der Waals surface area contributed by atoms with Gasteiger partial charge in [0.2, 0.25) is 0 Å². The van der Waals surface area contributed by atoms with Gasteiger partial charge in [-0.2, -0.15) is 26.3 Å². The molecule has 0 saturated carbocycles. The molecular weight excluding hydrogens is 236 g/mol. The molecule has 0 unspecified atom stereocenters. The van der Waals surface area contributed by atoms with E-state index in [1.54, 1.807) is 0 Å². The van der Waals surface area contributed by atoms with Crippen LogP contribution in [0, 0.1) is 6.92 Å². The van der Waals surface area contributed by atoms with Crippen molar-refractivity contribution >= 4 is 0 Å². The molecular formula is C9H7F6N. The van der Waals surface area contributed by atoms with E-state index in [4.69, 9.17) is 0 Å². The monoisotopic (exact) mass is 243 g/mol. The van der Waals surface area contributed by atoms with Gasteiger partial charge in [0.15, 0.2) is 5.92 Å². The number of rotatable bonds is 1. The summed E-state index contributed by atoms with van der Waals surface area (Å²) < 4.78 is 73.5. The molecule has 0 saturated heterocycles. The van der Waals surface area contributed by atoms with Crippen LogP contribution in [0.25, 0.3) is 0 Å². The maximum Gasteiger partial charge on any atom is 0.404 e. The van der Waals surface area contributed by atoms with Gasteiger partial charge in [0, 0.05) is 11.9 Å². The maximum atomic E-state index is 12.3. The third kappa shape index (κ3) is 2.86. The van der Waals surface area contributed by atoms with Gasteiger partial charge < -0.3 is 0 Å². The van der Waals surface area contributed by atoms with Crippen LogP contribution >= 0.6 is 0 Å². The van der Waals surface area contributed by atoms with Crippen LogP contribution in [0.4, 0.5) is 26.3 Å². The highest BCUT2D eigenvalue weighted by Gasteiger charge is 2.57. The summed E-state index contributed by atoms with van der Waals surface area (Å²) in [5, 5.41) is 0. The summed E-state index contributed by atoms with van der Waals surface area (Å²) in [6.07, 6.45) is -10.1. The summed E-state index contributed by atoms with van der Waals surface area (Å²) in [5.41, 5.74) is -0.544. The summed E-state index contributed by atoms with van der Waals surface area (Å²) in [6.45, 7) is 1.47. The molecule has 1 nitrogen and oxygen atoms in total. The predicted molar refractivity (Wildman–Crippen MR) is 43.8 cm³/mol. The molecule has 0 N–H and O–H groups in total. The summed E-state index contributed by atoms with van der Waals surface area (Å²) in [6, 6.07) is 1.90. The van der Waals surface area contributed by atoms with Crippen molar-refractivity contribution in [2.24, 2.45) is 0 Å². The average Bonchev–Trinajstić information content (AvgIpc) is 2.03. The molecule has 0 fully saturated rings. The number of hydrogen-bond donors (Lipinski definition) is 0. The van der Waals surface area contributed by atoms with Crippen molar-refractivity contribution in [3.63, 3.8) is 0 Å². The molecule has 0 spiro atoms. The molecule has 7 heteroatoms. The third-order valence-electron chi connectivity index (χ3n) is 1.92. The topological polar surface area (TPSA) is 12.9 Å². The fourth-order valence-electron chi connectivity index (χ4n) is 1.21. The smallest absolute Gasteiger partial charge is 0.261 e. The molecule has 0 aliphatic heterocycles. The second-order valence-electron chi connectivity index (χ2n) is 3.25. The Kier molecular flexibility index (Phi) is 3.16. The summed E-state index contributed by atoms with van der Waals surface area (Å²) >= 11 is 0. The lowest BCUT2D eigenvalue weighted by Gasteiger charge is -2.22. The van der Waals surface area contributed by atoms with Gasteiger partial charge in [-0.15, -0.1) is 0 Å². The zero-order valence-electron chi connectivity index (χ0n) is 8.02. The number of nitrogens with zero attached hydrogens (tertiary/aromatic N) is 1. The van der Waals surface area contributed by atoms with Crippen molar-refractivity contribution in [2.45, 2.75) is 25.2 Å². The van der Waals surface area contributed by atoms with Crippen molar-refractivity contribution < 1.29 is 26.3 Å². The van der Waals surface area contributed by atoms with E-state index in [2.05, 4.69) is 4.98 Å². The lowest BCUT2D eigenvalue weighted by Crippen LogP contribution is -2.34. The van der Waals surface area contributed by atoms with Crippen LogP contribution < -0.4 is 0 Å². The van der Waals surface area contributed by atoms with E-state index in [1.807, 2.05) is 0 Å². The van der Waals surface area contributed by atoms with Crippen molar-refractivity contribution in [2.75, 3.05) is 0 Å². The molecule has 0 atom stereocenters. The van der Waals surface area contributed by atoms with Crippen LogP contribution in [0.5, 0.6) is 0 Å². The Labute approximate surface area is 87.1 Å². The molecule has 90 valence electrons. The quantitative estimate of drug-likeness (QED) is 0.687. The van der Waals surface area contributed by atoms with Gasteiger partial charge in [-0.3, -0.25) is 4.98 Å². The number of pyridine rings is 1. The summed E-state index contributed by atoms with van der Waals surface area (Å²) in [4.78, 5) is 3.43. The largest absolute Gasteiger partial charge is 0.404 e. The van der Waals surface area contributed by atoms with E-state index in [1.165, 1.54) is 6.92 Å². The molecule has 0 aromatic carbocycles. The Bertz CT molecular complexity index is 336. The number of aromatic nitrogens is 1. The van der Waals surface area contributed by atoms with Gasteiger partial charge >= 0.3 is 12.4 Å². The molecule has 0 aliphatic rings. The van der Waals surface area contributed by atoms with Gasteiger partial charge in [-0.25, -0.2) is 0 Å². The van der Waals surface area contributed by atoms with E-state index >= 15 is 0 Å². The standard InChI is InChI=1S/C9H7F6N/c1-5-2-3-6(4-16-5)7(8(10,11)12)9(13,14)15/h2-4,7H,1H3. The van der Waals surface area contributed by atoms with Crippen LogP contribution in [0.2, 0.25) is 0 Å². The minimum absolute atomic E-state index is 0.354. The number of alkyl halides is 6. The van der Waals surface area contributed by atoms with Crippen LogP contribution in [-0.4, -0.2) is 17.3 Å². The molecule has 1 heterocycles. The van der Waals surface area contributed by atoms with E-state index < -0.39 is 23.8 Å². The highest BCUT2D eigenvalue weighted by molar-refractivity contribution is 5.21. The van der Waals surface area contributed by atoms with Crippen LogP contribution in [0.15, 0.2) is 18.3 Å². The SMILES string of the molecule is Cc1ccc(C(C(F)(F)F)C(F)(F)F)cn1. The second kappa shape index (κ2) is 3.95. The first-order valence-electron chi connectivity index (χ1n) is 4.18. The van der Waals surface area contributed by atoms with Gasteiger partial charge in [-0.1, -0.05) is 6.07 Å². The van der Waals surface area contributed by atoms with Crippen molar-refractivity contribution in [3.05, 3.63) is 29.6 Å². The van der Waals surface area contributed by atoms with E-state index in [9.17, 15) is 26.3 Å². The molecule has 16 heavy (non-hydrogen) atoms. The molecule has 0 amide bonds. The number of aryl methyl sites for hydroxylation is 1.